The third-order valence-corrected chi connectivity index (χ3v) is 4.18. The summed E-state index contributed by atoms with van der Waals surface area (Å²) in [6, 6.07) is 8.29. The SMILES string of the molecule is CC1CN(c2ccc3c(c2)CCC3)C(C)CN1. The van der Waals surface area contributed by atoms with E-state index in [0.29, 0.717) is 12.1 Å². The first-order valence-corrected chi connectivity index (χ1v) is 6.86. The summed E-state index contributed by atoms with van der Waals surface area (Å²) in [5.41, 5.74) is 4.58. The van der Waals surface area contributed by atoms with Crippen LogP contribution in [-0.2, 0) is 12.8 Å². The Bertz CT molecular complexity index is 413. The summed E-state index contributed by atoms with van der Waals surface area (Å²) in [6.07, 6.45) is 3.90. The molecule has 2 atom stereocenters. The smallest absolute Gasteiger partial charge is 0.0387 e. The lowest BCUT2D eigenvalue weighted by molar-refractivity contribution is 0.425. The Morgan fingerprint density at radius 3 is 2.88 bits per heavy atom. The molecule has 0 amide bonds. The van der Waals surface area contributed by atoms with Crippen LogP contribution in [-0.4, -0.2) is 25.2 Å². The first-order chi connectivity index (χ1) is 8.24. The number of hydrogen-bond donors (Lipinski definition) is 1. The molecule has 0 bridgehead atoms. The zero-order chi connectivity index (χ0) is 11.8. The second-order valence-electron chi connectivity index (χ2n) is 5.62. The number of hydrogen-bond acceptors (Lipinski definition) is 2. The molecule has 2 unspecified atom stereocenters. The van der Waals surface area contributed by atoms with Gasteiger partial charge in [-0.25, -0.2) is 0 Å². The molecule has 0 aromatic heterocycles. The Hall–Kier alpha value is -1.02. The highest BCUT2D eigenvalue weighted by molar-refractivity contribution is 5.53. The fraction of sp³-hybridized carbons (Fsp3) is 0.600. The van der Waals surface area contributed by atoms with E-state index in [2.05, 4.69) is 42.3 Å². The van der Waals surface area contributed by atoms with E-state index in [1.165, 1.54) is 24.9 Å². The molecule has 1 heterocycles. The van der Waals surface area contributed by atoms with Crippen LogP contribution in [0, 0.1) is 0 Å². The van der Waals surface area contributed by atoms with E-state index in [1.807, 2.05) is 0 Å². The molecule has 1 saturated heterocycles. The first kappa shape index (κ1) is 11.1. The van der Waals surface area contributed by atoms with Gasteiger partial charge in [0.25, 0.3) is 0 Å². The summed E-state index contributed by atoms with van der Waals surface area (Å²) in [5.74, 6) is 0. The van der Waals surface area contributed by atoms with Crippen LogP contribution in [0.5, 0.6) is 0 Å². The molecule has 17 heavy (non-hydrogen) atoms. The van der Waals surface area contributed by atoms with Crippen LogP contribution >= 0.6 is 0 Å². The summed E-state index contributed by atoms with van der Waals surface area (Å²) in [7, 11) is 0. The van der Waals surface area contributed by atoms with Crippen molar-refractivity contribution in [3.05, 3.63) is 29.3 Å². The van der Waals surface area contributed by atoms with Gasteiger partial charge in [0.2, 0.25) is 0 Å². The minimum atomic E-state index is 0.597. The van der Waals surface area contributed by atoms with Gasteiger partial charge in [-0.3, -0.25) is 0 Å². The number of piperazine rings is 1. The monoisotopic (exact) mass is 230 g/mol. The van der Waals surface area contributed by atoms with Crippen molar-refractivity contribution in [2.75, 3.05) is 18.0 Å². The zero-order valence-corrected chi connectivity index (χ0v) is 10.9. The van der Waals surface area contributed by atoms with Gasteiger partial charge >= 0.3 is 0 Å². The normalized spacial score (nSPS) is 28.2. The molecule has 3 rings (SSSR count). The van der Waals surface area contributed by atoms with Crippen LogP contribution in [0.25, 0.3) is 0 Å². The molecule has 1 aliphatic carbocycles. The highest BCUT2D eigenvalue weighted by Crippen LogP contribution is 2.28. The lowest BCUT2D eigenvalue weighted by atomic mass is 10.1. The minimum absolute atomic E-state index is 0.597. The van der Waals surface area contributed by atoms with Crippen molar-refractivity contribution in [1.29, 1.82) is 0 Å². The zero-order valence-electron chi connectivity index (χ0n) is 10.9. The molecule has 1 aromatic carbocycles. The number of aryl methyl sites for hydroxylation is 2. The fourth-order valence-electron chi connectivity index (χ4n) is 3.12. The fourth-order valence-corrected chi connectivity index (χ4v) is 3.12. The average Bonchev–Trinajstić information content (AvgIpc) is 2.79. The lowest BCUT2D eigenvalue weighted by Gasteiger charge is -2.39. The Kier molecular flexibility index (Phi) is 2.83. The minimum Gasteiger partial charge on any atom is -0.366 e. The van der Waals surface area contributed by atoms with Crippen molar-refractivity contribution in [2.45, 2.75) is 45.2 Å². The summed E-state index contributed by atoms with van der Waals surface area (Å²) < 4.78 is 0. The van der Waals surface area contributed by atoms with E-state index in [9.17, 15) is 0 Å². The maximum atomic E-state index is 3.54. The molecule has 0 radical (unpaired) electrons. The van der Waals surface area contributed by atoms with Crippen molar-refractivity contribution in [3.8, 4) is 0 Å². The summed E-state index contributed by atoms with van der Waals surface area (Å²) in [5, 5.41) is 3.54. The van der Waals surface area contributed by atoms with Crippen LogP contribution in [0.15, 0.2) is 18.2 Å². The molecule has 2 heteroatoms. The standard InChI is InChI=1S/C15H22N2/c1-11-10-17(12(2)9-16-11)15-7-6-13-4-3-5-14(13)8-15/h6-8,11-12,16H,3-5,9-10H2,1-2H3. The van der Waals surface area contributed by atoms with E-state index >= 15 is 0 Å². The van der Waals surface area contributed by atoms with Crippen molar-refractivity contribution in [3.63, 3.8) is 0 Å². The number of fused-ring (bicyclic) bond motifs is 1. The van der Waals surface area contributed by atoms with Crippen LogP contribution in [0.4, 0.5) is 5.69 Å². The van der Waals surface area contributed by atoms with E-state index in [1.54, 1.807) is 11.1 Å². The predicted molar refractivity (Wildman–Crippen MR) is 72.7 cm³/mol. The van der Waals surface area contributed by atoms with Crippen LogP contribution in [0.2, 0.25) is 0 Å². The summed E-state index contributed by atoms with van der Waals surface area (Å²) >= 11 is 0. The van der Waals surface area contributed by atoms with Gasteiger partial charge in [-0.1, -0.05) is 6.07 Å². The quantitative estimate of drug-likeness (QED) is 0.797. The van der Waals surface area contributed by atoms with Gasteiger partial charge < -0.3 is 10.2 Å². The van der Waals surface area contributed by atoms with Gasteiger partial charge in [-0.05, 0) is 56.4 Å². The van der Waals surface area contributed by atoms with E-state index < -0.39 is 0 Å². The predicted octanol–water partition coefficient (Wildman–Crippen LogP) is 2.36. The molecule has 0 spiro atoms. The number of nitrogens with one attached hydrogen (secondary N) is 1. The van der Waals surface area contributed by atoms with Crippen molar-refractivity contribution in [2.24, 2.45) is 0 Å². The van der Waals surface area contributed by atoms with Crippen LogP contribution in [0.3, 0.4) is 0 Å². The number of benzene rings is 1. The number of nitrogens with zero attached hydrogens (tertiary/aromatic N) is 1. The molecule has 1 N–H and O–H groups in total. The second kappa shape index (κ2) is 4.34. The van der Waals surface area contributed by atoms with Gasteiger partial charge in [0, 0.05) is 30.9 Å². The third-order valence-electron chi connectivity index (χ3n) is 4.18. The van der Waals surface area contributed by atoms with E-state index in [0.717, 1.165) is 13.1 Å². The van der Waals surface area contributed by atoms with Crippen LogP contribution < -0.4 is 10.2 Å². The maximum absolute atomic E-state index is 3.54. The molecule has 1 aromatic rings. The molecule has 1 aliphatic heterocycles. The number of rotatable bonds is 1. The Morgan fingerprint density at radius 2 is 2.00 bits per heavy atom. The molecular formula is C15H22N2. The van der Waals surface area contributed by atoms with Crippen molar-refractivity contribution < 1.29 is 0 Å². The van der Waals surface area contributed by atoms with Crippen molar-refractivity contribution in [1.82, 2.24) is 5.32 Å². The van der Waals surface area contributed by atoms with E-state index in [-0.39, 0.29) is 0 Å². The summed E-state index contributed by atoms with van der Waals surface area (Å²) in [4.78, 5) is 2.56. The Labute approximate surface area is 104 Å². The largest absolute Gasteiger partial charge is 0.366 e. The molecule has 1 fully saturated rings. The van der Waals surface area contributed by atoms with Gasteiger partial charge in [0.05, 0.1) is 0 Å². The molecule has 92 valence electrons. The number of anilines is 1. The highest BCUT2D eigenvalue weighted by atomic mass is 15.2. The van der Waals surface area contributed by atoms with Crippen LogP contribution in [0.1, 0.15) is 31.4 Å². The van der Waals surface area contributed by atoms with Gasteiger partial charge in [-0.15, -0.1) is 0 Å². The molecule has 2 nitrogen and oxygen atoms in total. The topological polar surface area (TPSA) is 15.3 Å². The van der Waals surface area contributed by atoms with Gasteiger partial charge in [0.15, 0.2) is 0 Å². The summed E-state index contributed by atoms with van der Waals surface area (Å²) in [6.45, 7) is 6.80. The van der Waals surface area contributed by atoms with Crippen molar-refractivity contribution >= 4 is 5.69 Å². The van der Waals surface area contributed by atoms with E-state index in [4.69, 9.17) is 0 Å². The van der Waals surface area contributed by atoms with Gasteiger partial charge in [-0.2, -0.15) is 0 Å². The Balaban J connectivity index is 1.87. The average molecular weight is 230 g/mol. The Morgan fingerprint density at radius 1 is 1.18 bits per heavy atom. The third kappa shape index (κ3) is 2.06. The van der Waals surface area contributed by atoms with Gasteiger partial charge in [0.1, 0.15) is 0 Å². The molecular weight excluding hydrogens is 208 g/mol. The molecule has 2 aliphatic rings. The lowest BCUT2D eigenvalue weighted by Crippen LogP contribution is -2.54. The molecule has 0 saturated carbocycles. The highest BCUT2D eigenvalue weighted by Gasteiger charge is 2.23. The maximum Gasteiger partial charge on any atom is 0.0387 e. The second-order valence-corrected chi connectivity index (χ2v) is 5.62. The first-order valence-electron chi connectivity index (χ1n) is 6.86.